The lowest BCUT2D eigenvalue weighted by Gasteiger charge is -2.34. The summed E-state index contributed by atoms with van der Waals surface area (Å²) in [5, 5.41) is 2.67. The highest BCUT2D eigenvalue weighted by atomic mass is 79.9. The Hall–Kier alpha value is -3.21. The zero-order chi connectivity index (χ0) is 27.0. The van der Waals surface area contributed by atoms with E-state index in [0.717, 1.165) is 24.2 Å². The van der Waals surface area contributed by atoms with Gasteiger partial charge in [-0.05, 0) is 35.4 Å². The number of nitrogens with zero attached hydrogens (tertiary/aromatic N) is 3. The van der Waals surface area contributed by atoms with E-state index in [1.165, 1.54) is 26.0 Å². The van der Waals surface area contributed by atoms with Crippen molar-refractivity contribution in [1.82, 2.24) is 14.5 Å². The second-order valence-corrected chi connectivity index (χ2v) is 11.6. The number of nitrogens with one attached hydrogen (secondary N) is 1. The number of hydrogen-bond acceptors (Lipinski definition) is 4. The van der Waals surface area contributed by atoms with Gasteiger partial charge in [0.05, 0.1) is 5.69 Å². The molecule has 37 heavy (non-hydrogen) atoms. The Bertz CT molecular complexity index is 1290. The summed E-state index contributed by atoms with van der Waals surface area (Å²) < 4.78 is 29.5. The quantitative estimate of drug-likeness (QED) is 0.372. The molecule has 0 fully saturated rings. The van der Waals surface area contributed by atoms with E-state index in [2.05, 4.69) is 21.2 Å². The summed E-state index contributed by atoms with van der Waals surface area (Å²) in [6.45, 7) is -0.342. The van der Waals surface area contributed by atoms with Crippen LogP contribution in [0.2, 0.25) is 0 Å². The standard InChI is InChI=1S/C27H31BrN4O4S/c1-29-27(34)25(18-21-10-6-4-7-11-21)31(19-22-14-16-23(28)17-15-22)26(33)20-32(37(35,36)30(2)3)24-12-8-5-9-13-24/h4-17,25H,18-20H2,1-3H3,(H,29,34). The molecule has 10 heteroatoms. The van der Waals surface area contributed by atoms with Gasteiger partial charge in [0.25, 0.3) is 0 Å². The van der Waals surface area contributed by atoms with Crippen LogP contribution in [0.5, 0.6) is 0 Å². The first-order valence-corrected chi connectivity index (χ1v) is 13.9. The molecule has 0 saturated heterocycles. The molecule has 196 valence electrons. The fourth-order valence-electron chi connectivity index (χ4n) is 3.82. The molecule has 1 unspecified atom stereocenters. The third kappa shape index (κ3) is 7.41. The first-order valence-electron chi connectivity index (χ1n) is 11.7. The maximum absolute atomic E-state index is 13.9. The third-order valence-electron chi connectivity index (χ3n) is 5.85. The molecule has 1 N–H and O–H groups in total. The number of rotatable bonds is 11. The number of carbonyl (C=O) groups is 2. The molecule has 0 aliphatic heterocycles. The zero-order valence-corrected chi connectivity index (χ0v) is 23.4. The maximum Gasteiger partial charge on any atom is 0.304 e. The molecule has 8 nitrogen and oxygen atoms in total. The van der Waals surface area contributed by atoms with E-state index in [-0.39, 0.29) is 18.9 Å². The Labute approximate surface area is 227 Å². The van der Waals surface area contributed by atoms with Crippen LogP contribution in [0, 0.1) is 0 Å². The number of para-hydroxylation sites is 1. The topological polar surface area (TPSA) is 90.0 Å². The number of amides is 2. The highest BCUT2D eigenvalue weighted by Crippen LogP contribution is 2.22. The van der Waals surface area contributed by atoms with Crippen molar-refractivity contribution in [2.75, 3.05) is 32.0 Å². The van der Waals surface area contributed by atoms with E-state index in [1.807, 2.05) is 54.6 Å². The SMILES string of the molecule is CNC(=O)C(Cc1ccccc1)N(Cc1ccc(Br)cc1)C(=O)CN(c1ccccc1)S(=O)(=O)N(C)C. The fourth-order valence-corrected chi connectivity index (χ4v) is 5.14. The van der Waals surface area contributed by atoms with E-state index < -0.39 is 28.7 Å². The van der Waals surface area contributed by atoms with Gasteiger partial charge >= 0.3 is 10.2 Å². The molecule has 0 radical (unpaired) electrons. The second-order valence-electron chi connectivity index (χ2n) is 8.60. The molecule has 0 spiro atoms. The van der Waals surface area contributed by atoms with Crippen LogP contribution in [0.1, 0.15) is 11.1 Å². The summed E-state index contributed by atoms with van der Waals surface area (Å²) in [4.78, 5) is 28.5. The van der Waals surface area contributed by atoms with Crippen LogP contribution >= 0.6 is 15.9 Å². The summed E-state index contributed by atoms with van der Waals surface area (Å²) in [7, 11) is 0.356. The number of anilines is 1. The molecule has 0 aromatic heterocycles. The summed E-state index contributed by atoms with van der Waals surface area (Å²) >= 11 is 3.42. The van der Waals surface area contributed by atoms with Crippen molar-refractivity contribution in [2.45, 2.75) is 19.0 Å². The molecule has 2 amide bonds. The van der Waals surface area contributed by atoms with E-state index in [9.17, 15) is 18.0 Å². The van der Waals surface area contributed by atoms with E-state index in [0.29, 0.717) is 5.69 Å². The zero-order valence-electron chi connectivity index (χ0n) is 21.0. The predicted octanol–water partition coefficient (Wildman–Crippen LogP) is 3.45. The molecule has 3 aromatic carbocycles. The average molecular weight is 588 g/mol. The van der Waals surface area contributed by atoms with Crippen molar-refractivity contribution in [2.24, 2.45) is 0 Å². The number of likely N-dealkylation sites (N-methyl/N-ethyl adjacent to an activating group) is 1. The van der Waals surface area contributed by atoms with Crippen molar-refractivity contribution >= 4 is 43.6 Å². The molecule has 3 rings (SSSR count). The van der Waals surface area contributed by atoms with E-state index in [4.69, 9.17) is 0 Å². The summed E-state index contributed by atoms with van der Waals surface area (Å²) in [5.74, 6) is -0.835. The lowest BCUT2D eigenvalue weighted by atomic mass is 10.0. The second kappa shape index (κ2) is 12.8. The first-order chi connectivity index (χ1) is 17.6. The van der Waals surface area contributed by atoms with Crippen molar-refractivity contribution in [3.63, 3.8) is 0 Å². The Morgan fingerprint density at radius 2 is 1.43 bits per heavy atom. The third-order valence-corrected chi connectivity index (χ3v) is 8.20. The van der Waals surface area contributed by atoms with Gasteiger partial charge in [-0.3, -0.25) is 9.59 Å². The van der Waals surface area contributed by atoms with Gasteiger partial charge in [-0.25, -0.2) is 4.31 Å². The molecule has 3 aromatic rings. The molecule has 0 aliphatic carbocycles. The van der Waals surface area contributed by atoms with Gasteiger partial charge in [-0.15, -0.1) is 0 Å². The van der Waals surface area contributed by atoms with Crippen molar-refractivity contribution in [1.29, 1.82) is 0 Å². The van der Waals surface area contributed by atoms with Crippen LogP contribution in [0.25, 0.3) is 0 Å². The number of carbonyl (C=O) groups excluding carboxylic acids is 2. The first kappa shape index (κ1) is 28.4. The van der Waals surface area contributed by atoms with Crippen molar-refractivity contribution in [3.8, 4) is 0 Å². The van der Waals surface area contributed by atoms with Crippen molar-refractivity contribution < 1.29 is 18.0 Å². The van der Waals surface area contributed by atoms with Gasteiger partial charge in [-0.2, -0.15) is 12.7 Å². The minimum absolute atomic E-state index is 0.127. The molecule has 0 heterocycles. The number of hydrogen-bond donors (Lipinski definition) is 1. The smallest absolute Gasteiger partial charge is 0.304 e. The van der Waals surface area contributed by atoms with Crippen LogP contribution in [0.3, 0.4) is 0 Å². The summed E-state index contributed by atoms with van der Waals surface area (Å²) in [5.41, 5.74) is 2.04. The van der Waals surface area contributed by atoms with Crippen LogP contribution < -0.4 is 9.62 Å². The Balaban J connectivity index is 2.04. The molecule has 0 saturated carbocycles. The maximum atomic E-state index is 13.9. The Morgan fingerprint density at radius 1 is 0.865 bits per heavy atom. The fraction of sp³-hybridized carbons (Fsp3) is 0.259. The van der Waals surface area contributed by atoms with Crippen LogP contribution in [0.15, 0.2) is 89.4 Å². The highest BCUT2D eigenvalue weighted by molar-refractivity contribution is 9.10. The number of benzene rings is 3. The van der Waals surface area contributed by atoms with E-state index in [1.54, 1.807) is 30.3 Å². The summed E-state index contributed by atoms with van der Waals surface area (Å²) in [6.07, 6.45) is 0.272. The largest absolute Gasteiger partial charge is 0.357 e. The summed E-state index contributed by atoms with van der Waals surface area (Å²) in [6, 6.07) is 24.4. The van der Waals surface area contributed by atoms with Gasteiger partial charge in [0.15, 0.2) is 0 Å². The lowest BCUT2D eigenvalue weighted by Crippen LogP contribution is -2.53. The minimum Gasteiger partial charge on any atom is -0.357 e. The molecule has 0 aliphatic rings. The molecular weight excluding hydrogens is 556 g/mol. The van der Waals surface area contributed by atoms with Gasteiger partial charge in [-0.1, -0.05) is 76.6 Å². The Kier molecular flexibility index (Phi) is 9.85. The minimum atomic E-state index is -4.00. The monoisotopic (exact) mass is 586 g/mol. The molecular formula is C27H31BrN4O4S. The van der Waals surface area contributed by atoms with Crippen LogP contribution in [-0.4, -0.2) is 63.2 Å². The predicted molar refractivity (Wildman–Crippen MR) is 149 cm³/mol. The van der Waals surface area contributed by atoms with E-state index >= 15 is 0 Å². The average Bonchev–Trinajstić information content (AvgIpc) is 2.90. The van der Waals surface area contributed by atoms with Gasteiger partial charge < -0.3 is 10.2 Å². The number of halogens is 1. The van der Waals surface area contributed by atoms with Crippen LogP contribution in [0.4, 0.5) is 5.69 Å². The lowest BCUT2D eigenvalue weighted by molar-refractivity contribution is -0.139. The van der Waals surface area contributed by atoms with Crippen molar-refractivity contribution in [3.05, 3.63) is 101 Å². The van der Waals surface area contributed by atoms with Gasteiger partial charge in [0, 0.05) is 38.6 Å². The Morgan fingerprint density at radius 3 is 1.97 bits per heavy atom. The highest BCUT2D eigenvalue weighted by Gasteiger charge is 2.34. The molecule has 1 atom stereocenters. The van der Waals surface area contributed by atoms with Crippen LogP contribution in [-0.2, 0) is 32.8 Å². The normalized spacial score (nSPS) is 12.1. The molecule has 0 bridgehead atoms. The van der Waals surface area contributed by atoms with Gasteiger partial charge in [0.1, 0.15) is 12.6 Å². The van der Waals surface area contributed by atoms with Gasteiger partial charge in [0.2, 0.25) is 11.8 Å².